The third-order valence-electron chi connectivity index (χ3n) is 4.91. The molecule has 5 rings (SSSR count). The van der Waals surface area contributed by atoms with Crippen molar-refractivity contribution in [3.8, 4) is 27.7 Å². The van der Waals surface area contributed by atoms with Crippen molar-refractivity contribution in [3.63, 3.8) is 0 Å². The van der Waals surface area contributed by atoms with E-state index in [1.165, 1.54) is 12.1 Å². The van der Waals surface area contributed by atoms with Crippen molar-refractivity contribution in [2.75, 3.05) is 7.11 Å². The van der Waals surface area contributed by atoms with Gasteiger partial charge in [-0.1, -0.05) is 30.3 Å². The fourth-order valence-corrected chi connectivity index (χ4v) is 4.46. The van der Waals surface area contributed by atoms with Crippen molar-refractivity contribution < 1.29 is 13.9 Å². The molecule has 3 aromatic carbocycles. The summed E-state index contributed by atoms with van der Waals surface area (Å²) in [6.07, 6.45) is 3.80. The van der Waals surface area contributed by atoms with Gasteiger partial charge < -0.3 is 9.47 Å². The summed E-state index contributed by atoms with van der Waals surface area (Å²) in [4.78, 5) is 0.933. The van der Waals surface area contributed by atoms with Crippen LogP contribution in [0.5, 0.6) is 17.2 Å². The standard InChI is InChI=1S/C24H19FN4O2S/c1-30-19-11-12-20-21(14-19)32-24(16-5-7-17(25)8-6-16)23(20)31-18-9-2-15(3-10-18)4-13-22-26-28-29-27-22/h2-14,28-29H,1H3,(H,26,27)/b13-4+. The van der Waals surface area contributed by atoms with Crippen LogP contribution in [0, 0.1) is 5.82 Å². The van der Waals surface area contributed by atoms with Crippen LogP contribution in [0.25, 0.3) is 26.6 Å². The molecular weight excluding hydrogens is 427 g/mol. The number of nitrogens with one attached hydrogen (secondary N) is 3. The van der Waals surface area contributed by atoms with E-state index in [-0.39, 0.29) is 5.82 Å². The minimum atomic E-state index is -0.270. The zero-order chi connectivity index (χ0) is 21.9. The maximum absolute atomic E-state index is 13.5. The maximum atomic E-state index is 13.5. The number of hydrogen-bond acceptors (Lipinski definition) is 7. The quantitative estimate of drug-likeness (QED) is 0.368. The van der Waals surface area contributed by atoms with Crippen LogP contribution in [0.15, 0.2) is 77.9 Å². The lowest BCUT2D eigenvalue weighted by molar-refractivity contribution is 0.415. The molecule has 0 spiro atoms. The largest absolute Gasteiger partial charge is 0.497 e. The number of methoxy groups -OCH3 is 1. The highest BCUT2D eigenvalue weighted by Crippen LogP contribution is 2.47. The van der Waals surface area contributed by atoms with Crippen molar-refractivity contribution >= 4 is 33.3 Å². The minimum Gasteiger partial charge on any atom is -0.497 e. The van der Waals surface area contributed by atoms with E-state index >= 15 is 0 Å². The first-order valence-corrected chi connectivity index (χ1v) is 10.7. The van der Waals surface area contributed by atoms with E-state index in [0.717, 1.165) is 37.6 Å². The molecule has 8 heteroatoms. The molecule has 0 amide bonds. The molecule has 1 aromatic heterocycles. The summed E-state index contributed by atoms with van der Waals surface area (Å²) in [5.74, 6) is 2.64. The molecule has 3 N–H and O–H groups in total. The lowest BCUT2D eigenvalue weighted by atomic mass is 10.1. The molecule has 0 fully saturated rings. The van der Waals surface area contributed by atoms with Crippen LogP contribution in [0.2, 0.25) is 0 Å². The number of nitrogens with zero attached hydrogens (tertiary/aromatic N) is 1. The summed E-state index contributed by atoms with van der Waals surface area (Å²) in [6.45, 7) is 0. The molecule has 0 saturated heterocycles. The second kappa shape index (κ2) is 8.70. The van der Waals surface area contributed by atoms with Gasteiger partial charge >= 0.3 is 0 Å². The van der Waals surface area contributed by atoms with Crippen molar-refractivity contribution in [1.82, 2.24) is 16.5 Å². The predicted octanol–water partition coefficient (Wildman–Crippen LogP) is 5.45. The van der Waals surface area contributed by atoms with Gasteiger partial charge in [0.25, 0.3) is 0 Å². The fourth-order valence-electron chi connectivity index (χ4n) is 3.30. The smallest absolute Gasteiger partial charge is 0.163 e. The molecule has 1 aliphatic heterocycles. The Morgan fingerprint density at radius 3 is 2.44 bits per heavy atom. The van der Waals surface area contributed by atoms with Gasteiger partial charge in [-0.05, 0) is 59.7 Å². The number of amidine groups is 1. The number of hydrazine groups is 2. The summed E-state index contributed by atoms with van der Waals surface area (Å²) in [7, 11) is 1.64. The van der Waals surface area contributed by atoms with E-state index in [9.17, 15) is 4.39 Å². The highest BCUT2D eigenvalue weighted by Gasteiger charge is 2.17. The van der Waals surface area contributed by atoms with Gasteiger partial charge in [-0.2, -0.15) is 0 Å². The minimum absolute atomic E-state index is 0.270. The van der Waals surface area contributed by atoms with E-state index < -0.39 is 0 Å². The SMILES string of the molecule is COc1ccc2c(Oc3ccc(/C=C/C4=NNNN4)cc3)c(-c3ccc(F)cc3)sc2c1. The van der Waals surface area contributed by atoms with Gasteiger partial charge in [-0.3, -0.25) is 5.43 Å². The van der Waals surface area contributed by atoms with E-state index in [2.05, 4.69) is 21.6 Å². The second-order valence-electron chi connectivity index (χ2n) is 6.99. The van der Waals surface area contributed by atoms with Crippen molar-refractivity contribution in [2.24, 2.45) is 5.10 Å². The molecule has 0 bridgehead atoms. The van der Waals surface area contributed by atoms with Gasteiger partial charge in [0, 0.05) is 10.1 Å². The molecule has 0 radical (unpaired) electrons. The molecule has 1 aliphatic rings. The van der Waals surface area contributed by atoms with Gasteiger partial charge in [0.1, 0.15) is 17.3 Å². The molecule has 0 aliphatic carbocycles. The summed E-state index contributed by atoms with van der Waals surface area (Å²) in [6, 6.07) is 20.1. The number of ether oxygens (including phenoxy) is 2. The van der Waals surface area contributed by atoms with Gasteiger partial charge in [-0.25, -0.2) is 9.93 Å². The molecule has 6 nitrogen and oxygen atoms in total. The Bertz CT molecular complexity index is 1310. The van der Waals surface area contributed by atoms with Gasteiger partial charge in [0.2, 0.25) is 0 Å². The lowest BCUT2D eigenvalue weighted by Crippen LogP contribution is -2.34. The number of thiophene rings is 1. The Morgan fingerprint density at radius 1 is 0.938 bits per heavy atom. The van der Waals surface area contributed by atoms with Crippen LogP contribution in [-0.4, -0.2) is 12.9 Å². The monoisotopic (exact) mass is 446 g/mol. The van der Waals surface area contributed by atoms with Crippen molar-refractivity contribution in [2.45, 2.75) is 0 Å². The number of fused-ring (bicyclic) bond motifs is 1. The van der Waals surface area contributed by atoms with Gasteiger partial charge in [0.15, 0.2) is 11.6 Å². The Balaban J connectivity index is 1.48. The summed E-state index contributed by atoms with van der Waals surface area (Å²) in [5, 5.41) is 4.98. The van der Waals surface area contributed by atoms with Crippen LogP contribution < -0.4 is 26.0 Å². The molecule has 160 valence electrons. The Labute approximate surface area is 187 Å². The summed E-state index contributed by atoms with van der Waals surface area (Å²) < 4.78 is 26.2. The van der Waals surface area contributed by atoms with Gasteiger partial charge in [0.05, 0.1) is 12.0 Å². The third kappa shape index (κ3) is 4.14. The normalized spacial score (nSPS) is 13.1. The van der Waals surface area contributed by atoms with Gasteiger partial charge in [-0.15, -0.1) is 22.0 Å². The first-order chi connectivity index (χ1) is 15.7. The highest BCUT2D eigenvalue weighted by molar-refractivity contribution is 7.22. The average molecular weight is 447 g/mol. The zero-order valence-electron chi connectivity index (χ0n) is 17.1. The Morgan fingerprint density at radius 2 is 1.72 bits per heavy atom. The summed E-state index contributed by atoms with van der Waals surface area (Å²) in [5.41, 5.74) is 10.1. The van der Waals surface area contributed by atoms with E-state index in [4.69, 9.17) is 9.47 Å². The molecule has 0 atom stereocenters. The predicted molar refractivity (Wildman–Crippen MR) is 126 cm³/mol. The molecule has 4 aromatic rings. The molecule has 0 unspecified atom stereocenters. The number of rotatable bonds is 6. The topological polar surface area (TPSA) is 66.9 Å². The lowest BCUT2D eigenvalue weighted by Gasteiger charge is -2.09. The van der Waals surface area contributed by atoms with E-state index in [0.29, 0.717) is 11.6 Å². The van der Waals surface area contributed by atoms with E-state index in [1.54, 1.807) is 30.6 Å². The van der Waals surface area contributed by atoms with Crippen LogP contribution in [0.3, 0.4) is 0 Å². The Kier molecular flexibility index (Phi) is 5.45. The first kappa shape index (κ1) is 20.0. The molecular formula is C24H19FN4O2S. The third-order valence-corrected chi connectivity index (χ3v) is 6.10. The van der Waals surface area contributed by atoms with E-state index in [1.807, 2.05) is 54.6 Å². The number of benzene rings is 3. The number of halogens is 1. The van der Waals surface area contributed by atoms with Crippen molar-refractivity contribution in [3.05, 3.63) is 84.2 Å². The number of hydrazone groups is 1. The highest BCUT2D eigenvalue weighted by atomic mass is 32.1. The van der Waals surface area contributed by atoms with Crippen LogP contribution >= 0.6 is 11.3 Å². The average Bonchev–Trinajstić information content (AvgIpc) is 3.47. The molecule has 32 heavy (non-hydrogen) atoms. The zero-order valence-corrected chi connectivity index (χ0v) is 17.9. The molecule has 0 saturated carbocycles. The summed E-state index contributed by atoms with van der Waals surface area (Å²) >= 11 is 1.59. The fraction of sp³-hybridized carbons (Fsp3) is 0.0417. The van der Waals surface area contributed by atoms with Crippen LogP contribution in [0.1, 0.15) is 5.56 Å². The number of hydrogen-bond donors (Lipinski definition) is 3. The maximum Gasteiger partial charge on any atom is 0.163 e. The first-order valence-electron chi connectivity index (χ1n) is 9.86. The van der Waals surface area contributed by atoms with Crippen LogP contribution in [0.4, 0.5) is 4.39 Å². The van der Waals surface area contributed by atoms with Crippen LogP contribution in [-0.2, 0) is 0 Å². The Hall–Kier alpha value is -3.88. The molecule has 2 heterocycles. The second-order valence-corrected chi connectivity index (χ2v) is 8.04. The van der Waals surface area contributed by atoms with Crippen molar-refractivity contribution in [1.29, 1.82) is 0 Å².